The van der Waals surface area contributed by atoms with Crippen LogP contribution in [0.1, 0.15) is 33.1 Å². The molecule has 0 saturated heterocycles. The molecule has 0 aliphatic heterocycles. The smallest absolute Gasteiger partial charge is 0.00598 e. The molecule has 1 rings (SSSR count). The van der Waals surface area contributed by atoms with E-state index in [-0.39, 0.29) is 0 Å². The zero-order valence-electron chi connectivity index (χ0n) is 6.94. The van der Waals surface area contributed by atoms with E-state index in [0.717, 1.165) is 17.8 Å². The van der Waals surface area contributed by atoms with Gasteiger partial charge in [0.25, 0.3) is 0 Å². The molecule has 1 aliphatic carbocycles. The van der Waals surface area contributed by atoms with Crippen molar-refractivity contribution in [3.05, 3.63) is 0 Å². The van der Waals surface area contributed by atoms with Crippen LogP contribution in [-0.4, -0.2) is 5.33 Å². The molecule has 0 N–H and O–H groups in total. The van der Waals surface area contributed by atoms with Gasteiger partial charge in [-0.25, -0.2) is 0 Å². The third kappa shape index (κ3) is 2.26. The Labute approximate surface area is 72.5 Å². The van der Waals surface area contributed by atoms with Crippen molar-refractivity contribution in [1.29, 1.82) is 0 Å². The van der Waals surface area contributed by atoms with Gasteiger partial charge >= 0.3 is 0 Å². The van der Waals surface area contributed by atoms with Gasteiger partial charge in [-0.05, 0) is 37.0 Å². The van der Waals surface area contributed by atoms with Crippen molar-refractivity contribution < 1.29 is 0 Å². The Hall–Kier alpha value is 0.480. The molecule has 2 unspecified atom stereocenters. The van der Waals surface area contributed by atoms with Crippen LogP contribution >= 0.6 is 15.9 Å². The second kappa shape index (κ2) is 3.75. The Kier molecular flexibility index (Phi) is 3.22. The molecule has 0 aromatic heterocycles. The van der Waals surface area contributed by atoms with E-state index in [2.05, 4.69) is 29.8 Å². The molecular formula is C9H17Br. The third-order valence-corrected chi connectivity index (χ3v) is 3.41. The van der Waals surface area contributed by atoms with E-state index in [4.69, 9.17) is 0 Å². The Morgan fingerprint density at radius 3 is 2.00 bits per heavy atom. The molecule has 0 bridgehead atoms. The Morgan fingerprint density at radius 1 is 1.10 bits per heavy atom. The topological polar surface area (TPSA) is 0 Å². The van der Waals surface area contributed by atoms with Crippen molar-refractivity contribution in [2.24, 2.45) is 17.8 Å². The van der Waals surface area contributed by atoms with Crippen molar-refractivity contribution in [3.8, 4) is 0 Å². The summed E-state index contributed by atoms with van der Waals surface area (Å²) in [5.41, 5.74) is 0. The third-order valence-electron chi connectivity index (χ3n) is 2.49. The van der Waals surface area contributed by atoms with Crippen molar-refractivity contribution in [2.75, 3.05) is 5.33 Å². The first-order valence-electron chi connectivity index (χ1n) is 4.28. The predicted molar refractivity (Wildman–Crippen MR) is 49.5 cm³/mol. The number of halogens is 1. The summed E-state index contributed by atoms with van der Waals surface area (Å²) in [6.07, 6.45) is 4.33. The molecule has 0 amide bonds. The van der Waals surface area contributed by atoms with Crippen molar-refractivity contribution in [3.63, 3.8) is 0 Å². The molecule has 0 spiro atoms. The van der Waals surface area contributed by atoms with Gasteiger partial charge in [-0.1, -0.05) is 29.8 Å². The van der Waals surface area contributed by atoms with E-state index < -0.39 is 0 Å². The molecule has 1 heteroatoms. The lowest BCUT2D eigenvalue weighted by Gasteiger charge is -2.30. The van der Waals surface area contributed by atoms with Crippen LogP contribution in [0.25, 0.3) is 0 Å². The van der Waals surface area contributed by atoms with Crippen LogP contribution in [0, 0.1) is 17.8 Å². The lowest BCUT2D eigenvalue weighted by atomic mass is 9.78. The maximum atomic E-state index is 3.57. The van der Waals surface area contributed by atoms with E-state index in [1.54, 1.807) is 0 Å². The molecule has 10 heavy (non-hydrogen) atoms. The van der Waals surface area contributed by atoms with Crippen LogP contribution in [-0.2, 0) is 0 Å². The second-order valence-electron chi connectivity index (χ2n) is 3.94. The van der Waals surface area contributed by atoms with Crippen molar-refractivity contribution in [2.45, 2.75) is 33.1 Å². The minimum atomic E-state index is 0.957. The molecule has 0 aromatic rings. The number of hydrogen-bond donors (Lipinski definition) is 0. The molecular weight excluding hydrogens is 188 g/mol. The van der Waals surface area contributed by atoms with Crippen LogP contribution in [0.4, 0.5) is 0 Å². The molecule has 60 valence electrons. The van der Waals surface area contributed by atoms with Crippen LogP contribution in [0.15, 0.2) is 0 Å². The molecule has 0 radical (unpaired) electrons. The van der Waals surface area contributed by atoms with Gasteiger partial charge in [-0.3, -0.25) is 0 Å². The highest BCUT2D eigenvalue weighted by atomic mass is 79.9. The molecule has 2 atom stereocenters. The standard InChI is InChI=1S/C9H17Br/c1-7-3-8(2)5-9(4-7)6-10/h7-9H,3-6H2,1-2H3. The van der Waals surface area contributed by atoms with E-state index in [1.807, 2.05) is 0 Å². The minimum absolute atomic E-state index is 0.957. The largest absolute Gasteiger partial charge is 0.0925 e. The Balaban J connectivity index is 2.35. The van der Waals surface area contributed by atoms with Gasteiger partial charge in [-0.15, -0.1) is 0 Å². The van der Waals surface area contributed by atoms with E-state index in [9.17, 15) is 0 Å². The van der Waals surface area contributed by atoms with Crippen LogP contribution in [0.5, 0.6) is 0 Å². The quantitative estimate of drug-likeness (QED) is 0.575. The summed E-state index contributed by atoms with van der Waals surface area (Å²) in [7, 11) is 0. The fraction of sp³-hybridized carbons (Fsp3) is 1.00. The van der Waals surface area contributed by atoms with Gasteiger partial charge in [0.1, 0.15) is 0 Å². The fourth-order valence-corrected chi connectivity index (χ4v) is 2.77. The summed E-state index contributed by atoms with van der Waals surface area (Å²) in [6, 6.07) is 0. The summed E-state index contributed by atoms with van der Waals surface area (Å²) in [4.78, 5) is 0. The maximum Gasteiger partial charge on any atom is 0.00598 e. The number of rotatable bonds is 1. The lowest BCUT2D eigenvalue weighted by molar-refractivity contribution is 0.237. The van der Waals surface area contributed by atoms with Crippen LogP contribution < -0.4 is 0 Å². The van der Waals surface area contributed by atoms with Crippen LogP contribution in [0.3, 0.4) is 0 Å². The number of hydrogen-bond acceptors (Lipinski definition) is 0. The summed E-state index contributed by atoms with van der Waals surface area (Å²) >= 11 is 3.57. The van der Waals surface area contributed by atoms with Crippen molar-refractivity contribution >= 4 is 15.9 Å². The minimum Gasteiger partial charge on any atom is -0.0925 e. The molecule has 0 nitrogen and oxygen atoms in total. The van der Waals surface area contributed by atoms with E-state index in [0.29, 0.717) is 0 Å². The maximum absolute atomic E-state index is 3.57. The van der Waals surface area contributed by atoms with Crippen molar-refractivity contribution in [1.82, 2.24) is 0 Å². The van der Waals surface area contributed by atoms with E-state index >= 15 is 0 Å². The van der Waals surface area contributed by atoms with E-state index in [1.165, 1.54) is 24.6 Å². The Morgan fingerprint density at radius 2 is 1.60 bits per heavy atom. The highest BCUT2D eigenvalue weighted by Gasteiger charge is 2.22. The van der Waals surface area contributed by atoms with Crippen LogP contribution in [0.2, 0.25) is 0 Å². The zero-order chi connectivity index (χ0) is 7.56. The first-order chi connectivity index (χ1) is 4.72. The van der Waals surface area contributed by atoms with Gasteiger partial charge in [0.15, 0.2) is 0 Å². The van der Waals surface area contributed by atoms with Gasteiger partial charge in [-0.2, -0.15) is 0 Å². The molecule has 1 saturated carbocycles. The first kappa shape index (κ1) is 8.58. The molecule has 0 heterocycles. The molecule has 1 aliphatic rings. The normalized spacial score (nSPS) is 41.7. The number of alkyl halides is 1. The average Bonchev–Trinajstić information content (AvgIpc) is 1.85. The summed E-state index contributed by atoms with van der Waals surface area (Å²) in [6.45, 7) is 4.76. The fourth-order valence-electron chi connectivity index (χ4n) is 2.24. The monoisotopic (exact) mass is 204 g/mol. The molecule has 1 fully saturated rings. The highest BCUT2D eigenvalue weighted by molar-refractivity contribution is 9.09. The highest BCUT2D eigenvalue weighted by Crippen LogP contribution is 2.33. The zero-order valence-corrected chi connectivity index (χ0v) is 8.52. The lowest BCUT2D eigenvalue weighted by Crippen LogP contribution is -2.20. The Bertz CT molecular complexity index is 90.9. The predicted octanol–water partition coefficient (Wildman–Crippen LogP) is 3.45. The van der Waals surface area contributed by atoms with Gasteiger partial charge < -0.3 is 0 Å². The summed E-state index contributed by atoms with van der Waals surface area (Å²) in [5, 5.41) is 1.21. The average molecular weight is 205 g/mol. The summed E-state index contributed by atoms with van der Waals surface area (Å²) in [5.74, 6) is 2.89. The van der Waals surface area contributed by atoms with Gasteiger partial charge in [0, 0.05) is 5.33 Å². The summed E-state index contributed by atoms with van der Waals surface area (Å²) < 4.78 is 0. The first-order valence-corrected chi connectivity index (χ1v) is 5.40. The SMILES string of the molecule is CC1CC(C)CC(CBr)C1. The van der Waals surface area contributed by atoms with Gasteiger partial charge in [0.2, 0.25) is 0 Å². The second-order valence-corrected chi connectivity index (χ2v) is 4.59. The van der Waals surface area contributed by atoms with Gasteiger partial charge in [0.05, 0.1) is 0 Å². The molecule has 0 aromatic carbocycles.